The van der Waals surface area contributed by atoms with Crippen LogP contribution in [-0.2, 0) is 9.59 Å². The van der Waals surface area contributed by atoms with Crippen LogP contribution in [0.25, 0.3) is 0 Å². The topological polar surface area (TPSA) is 60.9 Å². The predicted molar refractivity (Wildman–Crippen MR) is 70.4 cm³/mol. The molecule has 102 valence electrons. The first-order valence-electron chi connectivity index (χ1n) is 6.39. The summed E-state index contributed by atoms with van der Waals surface area (Å²) in [6, 6.07) is -0.640. The second-order valence-corrected chi connectivity index (χ2v) is 6.25. The zero-order chi connectivity index (χ0) is 13.3. The van der Waals surface area contributed by atoms with E-state index >= 15 is 0 Å². The van der Waals surface area contributed by atoms with E-state index in [0.717, 1.165) is 25.9 Å². The number of carbonyl (C=O) groups is 2. The maximum Gasteiger partial charge on any atom is 0.327 e. The van der Waals surface area contributed by atoms with Crippen LogP contribution in [-0.4, -0.2) is 64.1 Å². The van der Waals surface area contributed by atoms with Crippen molar-refractivity contribution in [2.75, 3.05) is 25.9 Å². The first-order chi connectivity index (χ1) is 8.54. The maximum atomic E-state index is 12.5. The molecular weight excluding hydrogens is 252 g/mol. The van der Waals surface area contributed by atoms with Crippen molar-refractivity contribution in [1.29, 1.82) is 0 Å². The fourth-order valence-electron chi connectivity index (χ4n) is 2.71. The summed E-state index contributed by atoms with van der Waals surface area (Å²) < 4.78 is 0. The minimum absolute atomic E-state index is 0.0235. The third-order valence-corrected chi connectivity index (χ3v) is 5.18. The number of thioether (sulfide) groups is 1. The molecule has 2 fully saturated rings. The van der Waals surface area contributed by atoms with Crippen molar-refractivity contribution in [2.24, 2.45) is 5.92 Å². The number of rotatable bonds is 3. The first-order valence-corrected chi connectivity index (χ1v) is 7.44. The van der Waals surface area contributed by atoms with Crippen LogP contribution >= 0.6 is 11.8 Å². The fourth-order valence-corrected chi connectivity index (χ4v) is 4.07. The monoisotopic (exact) mass is 272 g/mol. The molecule has 0 bridgehead atoms. The second-order valence-electron chi connectivity index (χ2n) is 5.04. The summed E-state index contributed by atoms with van der Waals surface area (Å²) in [6.07, 6.45) is 1.65. The Morgan fingerprint density at radius 1 is 1.44 bits per heavy atom. The number of carboxylic acid groups (broad SMARTS) is 1. The normalized spacial score (nSPS) is 33.0. The number of hydrogen-bond acceptors (Lipinski definition) is 4. The van der Waals surface area contributed by atoms with Gasteiger partial charge in [0.15, 0.2) is 0 Å². The van der Waals surface area contributed by atoms with Crippen molar-refractivity contribution < 1.29 is 14.7 Å². The van der Waals surface area contributed by atoms with Gasteiger partial charge in [-0.2, -0.15) is 0 Å². The molecule has 2 heterocycles. The van der Waals surface area contributed by atoms with E-state index in [9.17, 15) is 14.7 Å². The van der Waals surface area contributed by atoms with Gasteiger partial charge in [-0.1, -0.05) is 6.92 Å². The Labute approximate surface area is 112 Å². The van der Waals surface area contributed by atoms with E-state index in [-0.39, 0.29) is 17.2 Å². The zero-order valence-corrected chi connectivity index (χ0v) is 11.7. The molecule has 0 saturated carbocycles. The summed E-state index contributed by atoms with van der Waals surface area (Å²) in [5.41, 5.74) is 0. The van der Waals surface area contributed by atoms with Gasteiger partial charge in [0.1, 0.15) is 6.04 Å². The lowest BCUT2D eigenvalue weighted by Gasteiger charge is -2.29. The SMILES string of the molecule is CCC1SCC(C(=O)O)N1C(=O)C1CCN(C)C1. The summed E-state index contributed by atoms with van der Waals surface area (Å²) in [7, 11) is 2.00. The average molecular weight is 272 g/mol. The third-order valence-electron chi connectivity index (χ3n) is 3.72. The molecule has 0 aromatic rings. The van der Waals surface area contributed by atoms with E-state index in [1.165, 1.54) is 0 Å². The van der Waals surface area contributed by atoms with E-state index in [2.05, 4.69) is 4.90 Å². The average Bonchev–Trinajstić information content (AvgIpc) is 2.93. The van der Waals surface area contributed by atoms with E-state index < -0.39 is 12.0 Å². The number of hydrogen-bond donors (Lipinski definition) is 1. The lowest BCUT2D eigenvalue weighted by atomic mass is 10.1. The number of carbonyl (C=O) groups excluding carboxylic acids is 1. The van der Waals surface area contributed by atoms with Gasteiger partial charge in [-0.3, -0.25) is 4.79 Å². The van der Waals surface area contributed by atoms with Crippen molar-refractivity contribution in [1.82, 2.24) is 9.80 Å². The molecular formula is C12H20N2O3S. The van der Waals surface area contributed by atoms with E-state index in [4.69, 9.17) is 0 Å². The Morgan fingerprint density at radius 3 is 2.67 bits per heavy atom. The Kier molecular flexibility index (Phi) is 4.17. The van der Waals surface area contributed by atoms with E-state index in [1.807, 2.05) is 14.0 Å². The Balaban J connectivity index is 2.11. The maximum absolute atomic E-state index is 12.5. The quantitative estimate of drug-likeness (QED) is 0.819. The first kappa shape index (κ1) is 13.7. The second kappa shape index (κ2) is 5.48. The lowest BCUT2D eigenvalue weighted by Crippen LogP contribution is -2.48. The molecule has 0 spiro atoms. The van der Waals surface area contributed by atoms with Gasteiger partial charge in [0.2, 0.25) is 5.91 Å². The number of likely N-dealkylation sites (tertiary alicyclic amines) is 1. The Hall–Kier alpha value is -0.750. The van der Waals surface area contributed by atoms with E-state index in [0.29, 0.717) is 5.75 Å². The molecule has 1 amide bonds. The number of nitrogens with zero attached hydrogens (tertiary/aromatic N) is 2. The summed E-state index contributed by atoms with van der Waals surface area (Å²) in [6.45, 7) is 3.68. The van der Waals surface area contributed by atoms with Crippen LogP contribution in [0.1, 0.15) is 19.8 Å². The van der Waals surface area contributed by atoms with Crippen LogP contribution in [0.3, 0.4) is 0 Å². The largest absolute Gasteiger partial charge is 0.480 e. The molecule has 2 aliphatic heterocycles. The molecule has 2 saturated heterocycles. The van der Waals surface area contributed by atoms with Crippen LogP contribution in [0.4, 0.5) is 0 Å². The summed E-state index contributed by atoms with van der Waals surface area (Å²) in [4.78, 5) is 27.5. The zero-order valence-electron chi connectivity index (χ0n) is 10.8. The highest BCUT2D eigenvalue weighted by molar-refractivity contribution is 8.00. The van der Waals surface area contributed by atoms with Gasteiger partial charge in [0.25, 0.3) is 0 Å². The van der Waals surface area contributed by atoms with Gasteiger partial charge in [-0.15, -0.1) is 11.8 Å². The van der Waals surface area contributed by atoms with Crippen LogP contribution in [0.5, 0.6) is 0 Å². The molecule has 6 heteroatoms. The van der Waals surface area contributed by atoms with Gasteiger partial charge >= 0.3 is 5.97 Å². The summed E-state index contributed by atoms with van der Waals surface area (Å²) >= 11 is 1.59. The number of carboxylic acids is 1. The molecule has 1 N–H and O–H groups in total. The standard InChI is InChI=1S/C12H20N2O3S/c1-3-10-14(9(7-18-10)12(16)17)11(15)8-4-5-13(2)6-8/h8-10H,3-7H2,1-2H3,(H,16,17). The fraction of sp³-hybridized carbons (Fsp3) is 0.833. The molecule has 5 nitrogen and oxygen atoms in total. The van der Waals surface area contributed by atoms with Crippen LogP contribution in [0.15, 0.2) is 0 Å². The molecule has 0 radical (unpaired) electrons. The van der Waals surface area contributed by atoms with Gasteiger partial charge in [0.05, 0.1) is 11.3 Å². The Bertz CT molecular complexity index is 350. The van der Waals surface area contributed by atoms with Gasteiger partial charge in [-0.05, 0) is 26.4 Å². The summed E-state index contributed by atoms with van der Waals surface area (Å²) in [5, 5.41) is 9.25. The van der Waals surface area contributed by atoms with Crippen LogP contribution in [0, 0.1) is 5.92 Å². The molecule has 3 atom stereocenters. The molecule has 18 heavy (non-hydrogen) atoms. The van der Waals surface area contributed by atoms with Crippen LogP contribution < -0.4 is 0 Å². The number of aliphatic carboxylic acids is 1. The Morgan fingerprint density at radius 2 is 2.17 bits per heavy atom. The van der Waals surface area contributed by atoms with Crippen molar-refractivity contribution >= 4 is 23.6 Å². The van der Waals surface area contributed by atoms with Crippen molar-refractivity contribution in [3.05, 3.63) is 0 Å². The molecule has 0 aliphatic carbocycles. The molecule has 0 aromatic heterocycles. The smallest absolute Gasteiger partial charge is 0.327 e. The van der Waals surface area contributed by atoms with Crippen molar-refractivity contribution in [3.8, 4) is 0 Å². The highest BCUT2D eigenvalue weighted by atomic mass is 32.2. The minimum Gasteiger partial charge on any atom is -0.480 e. The summed E-state index contributed by atoms with van der Waals surface area (Å²) in [5.74, 6) is -0.353. The number of amides is 1. The minimum atomic E-state index is -0.877. The molecule has 2 aliphatic rings. The molecule has 3 unspecified atom stereocenters. The highest BCUT2D eigenvalue weighted by Gasteiger charge is 2.43. The van der Waals surface area contributed by atoms with Gasteiger partial charge in [0, 0.05) is 12.3 Å². The van der Waals surface area contributed by atoms with Gasteiger partial charge < -0.3 is 14.9 Å². The highest BCUT2D eigenvalue weighted by Crippen LogP contribution is 2.33. The van der Waals surface area contributed by atoms with Crippen LogP contribution in [0.2, 0.25) is 0 Å². The third kappa shape index (κ3) is 2.49. The molecule has 0 aromatic carbocycles. The lowest BCUT2D eigenvalue weighted by molar-refractivity contribution is -0.150. The predicted octanol–water partition coefficient (Wildman–Crippen LogP) is 0.703. The van der Waals surface area contributed by atoms with Crippen molar-refractivity contribution in [2.45, 2.75) is 31.2 Å². The van der Waals surface area contributed by atoms with Crippen molar-refractivity contribution in [3.63, 3.8) is 0 Å². The van der Waals surface area contributed by atoms with E-state index in [1.54, 1.807) is 16.7 Å². The molecule has 2 rings (SSSR count). The van der Waals surface area contributed by atoms with Gasteiger partial charge in [-0.25, -0.2) is 4.79 Å².